The number of hydrogen-bond donors (Lipinski definition) is 0. The topological polar surface area (TPSA) is 25.8 Å². The number of aryl methyl sites for hydroxylation is 2. The van der Waals surface area contributed by atoms with Crippen LogP contribution in [-0.2, 0) is 0 Å². The Hall–Kier alpha value is -1.41. The Morgan fingerprint density at radius 1 is 1.07 bits per heavy atom. The fourth-order valence-electron chi connectivity index (χ4n) is 1.49. The minimum Gasteiger partial charge on any atom is -0.236 e. The third-order valence-electron chi connectivity index (χ3n) is 2.30. The van der Waals surface area contributed by atoms with E-state index >= 15 is 0 Å². The molecular weight excluding hydrogens is 208 g/mol. The molecule has 1 aromatic heterocycles. The van der Waals surface area contributed by atoms with Gasteiger partial charge in [-0.25, -0.2) is 9.97 Å². The summed E-state index contributed by atoms with van der Waals surface area (Å²) in [6.07, 6.45) is 1.49. The molecule has 2 rings (SSSR count). The summed E-state index contributed by atoms with van der Waals surface area (Å²) in [5.41, 5.74) is 4.39. The van der Waals surface area contributed by atoms with Crippen LogP contribution in [0.3, 0.4) is 0 Å². The van der Waals surface area contributed by atoms with E-state index in [1.165, 1.54) is 17.5 Å². The van der Waals surface area contributed by atoms with Gasteiger partial charge in [-0.2, -0.15) is 0 Å². The van der Waals surface area contributed by atoms with Gasteiger partial charge >= 0.3 is 0 Å². The normalized spacial score (nSPS) is 10.3. The maximum atomic E-state index is 5.84. The summed E-state index contributed by atoms with van der Waals surface area (Å²) in [5.74, 6) is 0. The summed E-state index contributed by atoms with van der Waals surface area (Å²) < 4.78 is 0. The summed E-state index contributed by atoms with van der Waals surface area (Å²) in [6.45, 7) is 4.12. The van der Waals surface area contributed by atoms with Gasteiger partial charge in [-0.15, -0.1) is 0 Å². The molecule has 15 heavy (non-hydrogen) atoms. The van der Waals surface area contributed by atoms with E-state index in [-0.39, 0.29) is 0 Å². The molecule has 0 radical (unpaired) electrons. The average Bonchev–Trinajstić information content (AvgIpc) is 2.22. The molecule has 0 saturated heterocycles. The molecule has 0 saturated carbocycles. The highest BCUT2D eigenvalue weighted by molar-refractivity contribution is 6.29. The molecular formula is C12H11ClN2. The van der Waals surface area contributed by atoms with Gasteiger partial charge < -0.3 is 0 Å². The molecule has 3 heteroatoms. The van der Waals surface area contributed by atoms with Gasteiger partial charge in [0, 0.05) is 11.6 Å². The van der Waals surface area contributed by atoms with E-state index in [0.29, 0.717) is 5.15 Å². The third-order valence-corrected chi connectivity index (χ3v) is 2.51. The van der Waals surface area contributed by atoms with E-state index in [1.54, 1.807) is 6.07 Å². The standard InChI is InChI=1S/C12H11ClN2/c1-8-3-4-9(2)10(5-8)11-6-12(13)15-7-14-11/h3-7H,1-2H3. The van der Waals surface area contributed by atoms with Gasteiger partial charge in [0.25, 0.3) is 0 Å². The zero-order valence-corrected chi connectivity index (χ0v) is 9.42. The van der Waals surface area contributed by atoms with Crippen LogP contribution in [0.15, 0.2) is 30.6 Å². The zero-order valence-electron chi connectivity index (χ0n) is 8.66. The molecule has 0 N–H and O–H groups in total. The van der Waals surface area contributed by atoms with Crippen LogP contribution in [-0.4, -0.2) is 9.97 Å². The molecule has 0 spiro atoms. The van der Waals surface area contributed by atoms with Crippen molar-refractivity contribution in [1.29, 1.82) is 0 Å². The van der Waals surface area contributed by atoms with Crippen molar-refractivity contribution < 1.29 is 0 Å². The van der Waals surface area contributed by atoms with Crippen LogP contribution in [0, 0.1) is 13.8 Å². The maximum absolute atomic E-state index is 5.84. The van der Waals surface area contributed by atoms with Gasteiger partial charge in [0.05, 0.1) is 5.69 Å². The second-order valence-electron chi connectivity index (χ2n) is 3.54. The summed E-state index contributed by atoms with van der Waals surface area (Å²) >= 11 is 5.84. The van der Waals surface area contributed by atoms with E-state index in [1.807, 2.05) is 0 Å². The van der Waals surface area contributed by atoms with Gasteiger partial charge in [0.15, 0.2) is 0 Å². The number of nitrogens with zero attached hydrogens (tertiary/aromatic N) is 2. The highest BCUT2D eigenvalue weighted by Gasteiger charge is 2.04. The lowest BCUT2D eigenvalue weighted by Gasteiger charge is -2.06. The van der Waals surface area contributed by atoms with Crippen molar-refractivity contribution in [1.82, 2.24) is 9.97 Å². The molecule has 0 aliphatic carbocycles. The lowest BCUT2D eigenvalue weighted by Crippen LogP contribution is -1.89. The second kappa shape index (κ2) is 3.99. The first kappa shape index (κ1) is 10.1. The molecule has 2 aromatic rings. The SMILES string of the molecule is Cc1ccc(C)c(-c2cc(Cl)ncn2)c1. The Morgan fingerprint density at radius 3 is 2.60 bits per heavy atom. The Kier molecular flexibility index (Phi) is 2.69. The highest BCUT2D eigenvalue weighted by atomic mass is 35.5. The summed E-state index contributed by atoms with van der Waals surface area (Å²) in [5, 5.41) is 0.473. The maximum Gasteiger partial charge on any atom is 0.133 e. The van der Waals surface area contributed by atoms with Gasteiger partial charge in [-0.05, 0) is 25.5 Å². The highest BCUT2D eigenvalue weighted by Crippen LogP contribution is 2.23. The van der Waals surface area contributed by atoms with Gasteiger partial charge in [0.2, 0.25) is 0 Å². The minimum atomic E-state index is 0.473. The first-order valence-electron chi connectivity index (χ1n) is 4.72. The number of halogens is 1. The van der Waals surface area contributed by atoms with Gasteiger partial charge in [-0.3, -0.25) is 0 Å². The summed E-state index contributed by atoms with van der Waals surface area (Å²) in [4.78, 5) is 8.09. The first-order chi connectivity index (χ1) is 7.16. The van der Waals surface area contributed by atoms with Crippen molar-refractivity contribution in [3.05, 3.63) is 46.9 Å². The summed E-state index contributed by atoms with van der Waals surface area (Å²) in [6, 6.07) is 8.06. The number of aromatic nitrogens is 2. The van der Waals surface area contributed by atoms with Crippen molar-refractivity contribution in [3.63, 3.8) is 0 Å². The molecule has 1 heterocycles. The smallest absolute Gasteiger partial charge is 0.133 e. The van der Waals surface area contributed by atoms with E-state index in [2.05, 4.69) is 42.0 Å². The number of rotatable bonds is 1. The van der Waals surface area contributed by atoms with E-state index < -0.39 is 0 Å². The Labute approximate surface area is 94.0 Å². The second-order valence-corrected chi connectivity index (χ2v) is 3.93. The van der Waals surface area contributed by atoms with Crippen LogP contribution in [0.2, 0.25) is 5.15 Å². The van der Waals surface area contributed by atoms with Crippen LogP contribution in [0.5, 0.6) is 0 Å². The monoisotopic (exact) mass is 218 g/mol. The van der Waals surface area contributed by atoms with Gasteiger partial charge in [0.1, 0.15) is 11.5 Å². The van der Waals surface area contributed by atoms with Gasteiger partial charge in [-0.1, -0.05) is 29.3 Å². The molecule has 0 amide bonds. The fraction of sp³-hybridized carbons (Fsp3) is 0.167. The largest absolute Gasteiger partial charge is 0.236 e. The molecule has 0 unspecified atom stereocenters. The quantitative estimate of drug-likeness (QED) is 0.686. The van der Waals surface area contributed by atoms with E-state index in [0.717, 1.165) is 11.3 Å². The third kappa shape index (κ3) is 2.16. The first-order valence-corrected chi connectivity index (χ1v) is 5.10. The minimum absolute atomic E-state index is 0.473. The predicted octanol–water partition coefficient (Wildman–Crippen LogP) is 3.41. The molecule has 0 aliphatic heterocycles. The predicted molar refractivity (Wildman–Crippen MR) is 62.0 cm³/mol. The molecule has 1 aromatic carbocycles. The Balaban J connectivity index is 2.58. The number of benzene rings is 1. The van der Waals surface area contributed by atoms with Crippen molar-refractivity contribution in [2.24, 2.45) is 0 Å². The fourth-order valence-corrected chi connectivity index (χ4v) is 1.64. The zero-order chi connectivity index (χ0) is 10.8. The van der Waals surface area contributed by atoms with Crippen molar-refractivity contribution in [3.8, 4) is 11.3 Å². The molecule has 0 aliphatic rings. The molecule has 2 nitrogen and oxygen atoms in total. The van der Waals surface area contributed by atoms with Crippen LogP contribution in [0.1, 0.15) is 11.1 Å². The van der Waals surface area contributed by atoms with E-state index in [4.69, 9.17) is 11.6 Å². The van der Waals surface area contributed by atoms with Crippen molar-refractivity contribution in [2.75, 3.05) is 0 Å². The average molecular weight is 219 g/mol. The molecule has 0 atom stereocenters. The van der Waals surface area contributed by atoms with Crippen LogP contribution in [0.25, 0.3) is 11.3 Å². The van der Waals surface area contributed by atoms with Crippen LogP contribution >= 0.6 is 11.6 Å². The van der Waals surface area contributed by atoms with Crippen molar-refractivity contribution >= 4 is 11.6 Å². The molecule has 0 bridgehead atoms. The van der Waals surface area contributed by atoms with Crippen molar-refractivity contribution in [2.45, 2.75) is 13.8 Å². The number of hydrogen-bond acceptors (Lipinski definition) is 2. The van der Waals surface area contributed by atoms with Crippen LogP contribution in [0.4, 0.5) is 0 Å². The van der Waals surface area contributed by atoms with E-state index in [9.17, 15) is 0 Å². The summed E-state index contributed by atoms with van der Waals surface area (Å²) in [7, 11) is 0. The Morgan fingerprint density at radius 2 is 1.87 bits per heavy atom. The van der Waals surface area contributed by atoms with Crippen LogP contribution < -0.4 is 0 Å². The lowest BCUT2D eigenvalue weighted by atomic mass is 10.0. The lowest BCUT2D eigenvalue weighted by molar-refractivity contribution is 1.17. The molecule has 76 valence electrons. The Bertz CT molecular complexity index is 495. The molecule has 0 fully saturated rings.